The molecule has 0 aliphatic carbocycles. The van der Waals surface area contributed by atoms with Crippen LogP contribution in [-0.4, -0.2) is 51.7 Å². The summed E-state index contributed by atoms with van der Waals surface area (Å²) >= 11 is 5.88. The predicted octanol–water partition coefficient (Wildman–Crippen LogP) is 2.59. The van der Waals surface area contributed by atoms with E-state index in [0.717, 1.165) is 5.56 Å². The van der Waals surface area contributed by atoms with Gasteiger partial charge in [-0.1, -0.05) is 11.6 Å². The number of rotatable bonds is 6. The van der Waals surface area contributed by atoms with Gasteiger partial charge in [0.15, 0.2) is 0 Å². The number of carbonyl (C=O) groups is 1. The molecule has 0 bridgehead atoms. The highest BCUT2D eigenvalue weighted by Crippen LogP contribution is 2.32. The van der Waals surface area contributed by atoms with E-state index in [0.29, 0.717) is 47.7 Å². The molecule has 0 spiro atoms. The minimum Gasteiger partial charge on any atom is -0.496 e. The van der Waals surface area contributed by atoms with E-state index in [1.807, 2.05) is 11.0 Å². The van der Waals surface area contributed by atoms with E-state index in [-0.39, 0.29) is 5.02 Å². The largest absolute Gasteiger partial charge is 0.496 e. The lowest BCUT2D eigenvalue weighted by atomic mass is 10.1. The molecule has 1 amide bonds. The van der Waals surface area contributed by atoms with E-state index in [9.17, 15) is 14.3 Å². The van der Waals surface area contributed by atoms with Crippen molar-refractivity contribution >= 4 is 39.9 Å². The van der Waals surface area contributed by atoms with Crippen LogP contribution in [0.2, 0.25) is 5.02 Å². The monoisotopic (exact) mass is 445 g/mol. The Morgan fingerprint density at radius 2 is 2.19 bits per heavy atom. The fraction of sp³-hybridized carbons (Fsp3) is 0.286. The van der Waals surface area contributed by atoms with Crippen molar-refractivity contribution < 1.29 is 19.0 Å². The Labute approximate surface area is 182 Å². The lowest BCUT2D eigenvalue weighted by Crippen LogP contribution is -2.39. The number of benzene rings is 2. The third-order valence-corrected chi connectivity index (χ3v) is 5.59. The molecule has 3 aromatic rings. The van der Waals surface area contributed by atoms with E-state index in [4.69, 9.17) is 22.1 Å². The minimum atomic E-state index is -0.618. The zero-order valence-electron chi connectivity index (χ0n) is 16.7. The van der Waals surface area contributed by atoms with Crippen LogP contribution in [0.15, 0.2) is 36.7 Å². The average Bonchev–Trinajstić information content (AvgIpc) is 3.11. The molecule has 2 atom stereocenters. The van der Waals surface area contributed by atoms with E-state index < -0.39 is 23.9 Å². The Hall–Kier alpha value is -3.01. The van der Waals surface area contributed by atoms with Crippen LogP contribution in [0.25, 0.3) is 10.9 Å². The number of fused-ring (bicyclic) bond motifs is 1. The van der Waals surface area contributed by atoms with Crippen LogP contribution in [0.1, 0.15) is 12.0 Å². The molecule has 1 aliphatic rings. The number of hydrogen-bond acceptors (Lipinski definition) is 7. The first-order valence-electron chi connectivity index (χ1n) is 9.61. The van der Waals surface area contributed by atoms with Gasteiger partial charge in [-0.3, -0.25) is 9.69 Å². The Kier molecular flexibility index (Phi) is 5.90. The lowest BCUT2D eigenvalue weighted by molar-refractivity contribution is -0.122. The van der Waals surface area contributed by atoms with Crippen LogP contribution in [0.3, 0.4) is 0 Å². The molecule has 1 aromatic heterocycles. The number of nitrogens with two attached hydrogens (primary N) is 1. The molecule has 0 unspecified atom stereocenters. The molecule has 1 fully saturated rings. The molecule has 10 heteroatoms. The van der Waals surface area contributed by atoms with Gasteiger partial charge in [-0.05, 0) is 30.7 Å². The number of nitrogens with one attached hydrogen (secondary N) is 1. The summed E-state index contributed by atoms with van der Waals surface area (Å²) in [6.45, 7) is 0.680. The molecule has 1 aliphatic heterocycles. The van der Waals surface area contributed by atoms with Gasteiger partial charge in [0.25, 0.3) is 0 Å². The maximum atomic E-state index is 13.5. The normalized spacial score (nSPS) is 19.0. The zero-order chi connectivity index (χ0) is 22.1. The molecule has 0 saturated carbocycles. The molecule has 0 radical (unpaired) electrons. The Morgan fingerprint density at radius 3 is 2.90 bits per heavy atom. The van der Waals surface area contributed by atoms with Crippen molar-refractivity contribution in [2.24, 2.45) is 5.73 Å². The van der Waals surface area contributed by atoms with Crippen molar-refractivity contribution in [3.8, 4) is 5.75 Å². The van der Waals surface area contributed by atoms with E-state index in [1.165, 1.54) is 18.5 Å². The molecular formula is C21H21ClFN5O3. The van der Waals surface area contributed by atoms with Crippen molar-refractivity contribution in [2.75, 3.05) is 19.0 Å². The molecule has 2 heterocycles. The fourth-order valence-corrected chi connectivity index (χ4v) is 4.00. The molecular weight excluding hydrogens is 425 g/mol. The van der Waals surface area contributed by atoms with Gasteiger partial charge in [0.1, 0.15) is 23.7 Å². The average molecular weight is 446 g/mol. The van der Waals surface area contributed by atoms with Gasteiger partial charge in [0.2, 0.25) is 5.91 Å². The van der Waals surface area contributed by atoms with Crippen molar-refractivity contribution in [3.63, 3.8) is 0 Å². The molecule has 4 rings (SSSR count). The third-order valence-electron chi connectivity index (χ3n) is 5.30. The Bertz CT molecular complexity index is 1150. The number of methoxy groups -OCH3 is 1. The van der Waals surface area contributed by atoms with Gasteiger partial charge in [-0.15, -0.1) is 0 Å². The van der Waals surface area contributed by atoms with Crippen LogP contribution >= 0.6 is 11.6 Å². The second kappa shape index (κ2) is 8.62. The van der Waals surface area contributed by atoms with Gasteiger partial charge in [-0.25, -0.2) is 14.4 Å². The quantitative estimate of drug-likeness (QED) is 0.534. The summed E-state index contributed by atoms with van der Waals surface area (Å²) in [6, 6.07) is 7.39. The summed E-state index contributed by atoms with van der Waals surface area (Å²) in [5.41, 5.74) is 7.50. The van der Waals surface area contributed by atoms with Crippen LogP contribution in [0.4, 0.5) is 15.9 Å². The topological polar surface area (TPSA) is 114 Å². The number of aromatic nitrogens is 2. The van der Waals surface area contributed by atoms with Gasteiger partial charge in [0, 0.05) is 35.8 Å². The zero-order valence-corrected chi connectivity index (χ0v) is 17.4. The third kappa shape index (κ3) is 4.39. The summed E-state index contributed by atoms with van der Waals surface area (Å²) in [5.74, 6) is 0.106. The highest BCUT2D eigenvalue weighted by atomic mass is 35.5. The Balaban J connectivity index is 1.71. The number of ether oxygens (including phenoxy) is 1. The maximum absolute atomic E-state index is 13.5. The van der Waals surface area contributed by atoms with Crippen molar-refractivity contribution in [1.29, 1.82) is 0 Å². The van der Waals surface area contributed by atoms with Crippen LogP contribution < -0.4 is 15.8 Å². The van der Waals surface area contributed by atoms with Gasteiger partial charge >= 0.3 is 0 Å². The highest BCUT2D eigenvalue weighted by Gasteiger charge is 2.35. The standard InChI is InChI=1S/C21H21ClFN5O3/c1-31-19-7-17-14(4-11(19)8-28-9-13(29)6-18(28)20(24)30)21(26-10-25-17)27-12-2-3-16(23)15(22)5-12/h2-5,7,10,13,18,29H,6,8-9H2,1H3,(H2,24,30)(H,25,26,27)/t13-,18-/m1/s1. The predicted molar refractivity (Wildman–Crippen MR) is 115 cm³/mol. The number of β-amino-alcohol motifs (C(OH)–C–C–N with tert-alkyl or cyclic N) is 1. The van der Waals surface area contributed by atoms with Crippen LogP contribution in [0.5, 0.6) is 5.75 Å². The number of carbonyl (C=O) groups excluding carboxylic acids is 1. The first-order valence-corrected chi connectivity index (χ1v) is 9.98. The van der Waals surface area contributed by atoms with E-state index in [2.05, 4.69) is 15.3 Å². The second-order valence-electron chi connectivity index (χ2n) is 7.39. The smallest absolute Gasteiger partial charge is 0.234 e. The number of halogens is 2. The number of primary amides is 1. The van der Waals surface area contributed by atoms with Gasteiger partial charge < -0.3 is 20.9 Å². The number of hydrogen-bond donors (Lipinski definition) is 3. The minimum absolute atomic E-state index is 0.00388. The SMILES string of the molecule is COc1cc2ncnc(Nc3ccc(F)c(Cl)c3)c2cc1CN1C[C@H](O)C[C@@H]1C(N)=O. The summed E-state index contributed by atoms with van der Waals surface area (Å²) in [4.78, 5) is 22.2. The van der Waals surface area contributed by atoms with Crippen LogP contribution in [-0.2, 0) is 11.3 Å². The molecule has 8 nitrogen and oxygen atoms in total. The van der Waals surface area contributed by atoms with Gasteiger partial charge in [0.05, 0.1) is 29.8 Å². The lowest BCUT2D eigenvalue weighted by Gasteiger charge is -2.23. The summed E-state index contributed by atoms with van der Waals surface area (Å²) in [6.07, 6.45) is 1.09. The molecule has 1 saturated heterocycles. The fourth-order valence-electron chi connectivity index (χ4n) is 3.82. The molecule has 162 valence electrons. The summed E-state index contributed by atoms with van der Waals surface area (Å²) in [7, 11) is 1.55. The van der Waals surface area contributed by atoms with Crippen LogP contribution in [0, 0.1) is 5.82 Å². The van der Waals surface area contributed by atoms with Gasteiger partial charge in [-0.2, -0.15) is 0 Å². The van der Waals surface area contributed by atoms with E-state index in [1.54, 1.807) is 19.2 Å². The second-order valence-corrected chi connectivity index (χ2v) is 7.80. The van der Waals surface area contributed by atoms with Crippen molar-refractivity contribution in [3.05, 3.63) is 53.1 Å². The maximum Gasteiger partial charge on any atom is 0.234 e. The Morgan fingerprint density at radius 1 is 1.39 bits per heavy atom. The summed E-state index contributed by atoms with van der Waals surface area (Å²) in [5, 5.41) is 13.8. The van der Waals surface area contributed by atoms with E-state index >= 15 is 0 Å². The first kappa shape index (κ1) is 21.2. The number of likely N-dealkylation sites (tertiary alicyclic amines) is 1. The van der Waals surface area contributed by atoms with Crippen molar-refractivity contribution in [2.45, 2.75) is 25.1 Å². The number of anilines is 2. The first-order chi connectivity index (χ1) is 14.9. The summed E-state index contributed by atoms with van der Waals surface area (Å²) < 4.78 is 19.0. The number of amides is 1. The highest BCUT2D eigenvalue weighted by molar-refractivity contribution is 6.31. The number of aliphatic hydroxyl groups is 1. The molecule has 31 heavy (non-hydrogen) atoms. The number of aliphatic hydroxyl groups excluding tert-OH is 1. The molecule has 2 aromatic carbocycles. The molecule has 4 N–H and O–H groups in total. The number of nitrogens with zero attached hydrogens (tertiary/aromatic N) is 3. The van der Waals surface area contributed by atoms with Crippen molar-refractivity contribution in [1.82, 2.24) is 14.9 Å².